The van der Waals surface area contributed by atoms with E-state index in [2.05, 4.69) is 10.6 Å². The first-order valence-electron chi connectivity index (χ1n) is 4.61. The lowest BCUT2D eigenvalue weighted by Crippen LogP contribution is -2.18. The number of carbonyl (C=O) groups is 1. The molecule has 1 aliphatic rings. The summed E-state index contributed by atoms with van der Waals surface area (Å²) < 4.78 is 0. The van der Waals surface area contributed by atoms with E-state index in [1.165, 1.54) is 0 Å². The van der Waals surface area contributed by atoms with Crippen LogP contribution in [0, 0.1) is 0 Å². The Morgan fingerprint density at radius 2 is 2.21 bits per heavy atom. The van der Waals surface area contributed by atoms with Crippen LogP contribution in [0.2, 0.25) is 0 Å². The van der Waals surface area contributed by atoms with Crippen molar-refractivity contribution in [2.45, 2.75) is 19.4 Å². The third kappa shape index (κ3) is 1.64. The van der Waals surface area contributed by atoms with Crippen molar-refractivity contribution in [3.63, 3.8) is 0 Å². The molecule has 0 radical (unpaired) electrons. The van der Waals surface area contributed by atoms with Crippen LogP contribution in [-0.2, 0) is 4.79 Å². The maximum absolute atomic E-state index is 11.4. The molecule has 0 saturated carbocycles. The fourth-order valence-electron chi connectivity index (χ4n) is 1.59. The average molecular weight is 191 g/mol. The number of nitrogens with one attached hydrogen (secondary N) is 2. The zero-order chi connectivity index (χ0) is 10.1. The third-order valence-corrected chi connectivity index (χ3v) is 2.21. The summed E-state index contributed by atoms with van der Waals surface area (Å²) in [6.45, 7) is 1.97. The van der Waals surface area contributed by atoms with E-state index in [1.807, 2.05) is 19.1 Å². The van der Waals surface area contributed by atoms with Crippen LogP contribution in [-0.4, -0.2) is 11.9 Å². The van der Waals surface area contributed by atoms with Crippen LogP contribution in [0.25, 0.3) is 0 Å². The standard InChI is InChI=1S/C10H13N3O/c1-6-4-10(14)13-8-3-2-7(11)5-9(8)12-6/h2-3,5-6,12H,4,11H2,1H3,(H,13,14)/t6-/m0/s1. The quantitative estimate of drug-likeness (QED) is 0.543. The Kier molecular flexibility index (Phi) is 2.04. The molecule has 0 aliphatic carbocycles. The Hall–Kier alpha value is -1.71. The fourth-order valence-corrected chi connectivity index (χ4v) is 1.59. The number of hydrogen-bond donors (Lipinski definition) is 3. The van der Waals surface area contributed by atoms with Gasteiger partial charge < -0.3 is 16.4 Å². The van der Waals surface area contributed by atoms with Crippen LogP contribution in [0.5, 0.6) is 0 Å². The molecule has 0 unspecified atom stereocenters. The van der Waals surface area contributed by atoms with Gasteiger partial charge in [0.2, 0.25) is 5.91 Å². The summed E-state index contributed by atoms with van der Waals surface area (Å²) in [5.41, 5.74) is 8.05. The lowest BCUT2D eigenvalue weighted by Gasteiger charge is -2.11. The van der Waals surface area contributed by atoms with Crippen LogP contribution < -0.4 is 16.4 Å². The molecule has 1 aromatic rings. The third-order valence-electron chi connectivity index (χ3n) is 2.21. The van der Waals surface area contributed by atoms with Gasteiger partial charge in [-0.25, -0.2) is 0 Å². The molecule has 4 nitrogen and oxygen atoms in total. The monoisotopic (exact) mass is 191 g/mol. The zero-order valence-electron chi connectivity index (χ0n) is 8.00. The predicted molar refractivity (Wildman–Crippen MR) is 57.2 cm³/mol. The topological polar surface area (TPSA) is 67.2 Å². The lowest BCUT2D eigenvalue weighted by molar-refractivity contribution is -0.116. The summed E-state index contributed by atoms with van der Waals surface area (Å²) in [7, 11) is 0. The summed E-state index contributed by atoms with van der Waals surface area (Å²) >= 11 is 0. The van der Waals surface area contributed by atoms with Crippen LogP contribution >= 0.6 is 0 Å². The molecular formula is C10H13N3O. The maximum Gasteiger partial charge on any atom is 0.226 e. The van der Waals surface area contributed by atoms with E-state index in [-0.39, 0.29) is 11.9 Å². The molecule has 1 aliphatic heterocycles. The van der Waals surface area contributed by atoms with Gasteiger partial charge in [0.25, 0.3) is 0 Å². The minimum atomic E-state index is 0.0357. The molecule has 1 heterocycles. The second-order valence-electron chi connectivity index (χ2n) is 3.60. The Morgan fingerprint density at radius 1 is 1.43 bits per heavy atom. The van der Waals surface area contributed by atoms with Crippen molar-refractivity contribution in [1.82, 2.24) is 0 Å². The Balaban J connectivity index is 2.41. The van der Waals surface area contributed by atoms with Gasteiger partial charge in [0, 0.05) is 18.2 Å². The van der Waals surface area contributed by atoms with E-state index >= 15 is 0 Å². The van der Waals surface area contributed by atoms with Crippen molar-refractivity contribution < 1.29 is 4.79 Å². The van der Waals surface area contributed by atoms with Crippen LogP contribution in [0.1, 0.15) is 13.3 Å². The molecule has 1 amide bonds. The summed E-state index contributed by atoms with van der Waals surface area (Å²) in [6, 6.07) is 5.56. The predicted octanol–water partition coefficient (Wildman–Crippen LogP) is 1.41. The smallest absolute Gasteiger partial charge is 0.226 e. The summed E-state index contributed by atoms with van der Waals surface area (Å²) in [5.74, 6) is 0.0357. The minimum absolute atomic E-state index is 0.0357. The van der Waals surface area contributed by atoms with Crippen molar-refractivity contribution in [1.29, 1.82) is 0 Å². The van der Waals surface area contributed by atoms with Gasteiger partial charge in [0.05, 0.1) is 11.4 Å². The molecule has 2 rings (SSSR count). The molecule has 0 fully saturated rings. The number of benzene rings is 1. The van der Waals surface area contributed by atoms with Crippen LogP contribution in [0.4, 0.5) is 17.1 Å². The number of hydrogen-bond acceptors (Lipinski definition) is 3. The van der Waals surface area contributed by atoms with E-state index < -0.39 is 0 Å². The van der Waals surface area contributed by atoms with Gasteiger partial charge in [0.15, 0.2) is 0 Å². The molecule has 4 N–H and O–H groups in total. The van der Waals surface area contributed by atoms with E-state index in [4.69, 9.17) is 5.73 Å². The Labute approximate surface area is 82.5 Å². The number of amides is 1. The normalized spacial score (nSPS) is 20.4. The minimum Gasteiger partial charge on any atom is -0.399 e. The molecule has 0 spiro atoms. The van der Waals surface area contributed by atoms with E-state index in [0.717, 1.165) is 11.4 Å². The molecule has 0 aromatic heterocycles. The van der Waals surface area contributed by atoms with Gasteiger partial charge in [-0.15, -0.1) is 0 Å². The van der Waals surface area contributed by atoms with E-state index in [1.54, 1.807) is 6.07 Å². The lowest BCUT2D eigenvalue weighted by atomic mass is 10.2. The van der Waals surface area contributed by atoms with Gasteiger partial charge in [-0.05, 0) is 25.1 Å². The van der Waals surface area contributed by atoms with Crippen molar-refractivity contribution in [2.24, 2.45) is 0 Å². The number of carbonyl (C=O) groups excluding carboxylic acids is 1. The number of anilines is 3. The SMILES string of the molecule is C[C@H]1CC(=O)Nc2ccc(N)cc2N1. The molecule has 1 atom stereocenters. The highest BCUT2D eigenvalue weighted by molar-refractivity contribution is 5.96. The van der Waals surface area contributed by atoms with Crippen molar-refractivity contribution in [3.8, 4) is 0 Å². The Morgan fingerprint density at radius 3 is 3.00 bits per heavy atom. The average Bonchev–Trinajstić information content (AvgIpc) is 2.21. The van der Waals surface area contributed by atoms with Crippen molar-refractivity contribution in [3.05, 3.63) is 18.2 Å². The van der Waals surface area contributed by atoms with Gasteiger partial charge in [-0.3, -0.25) is 4.79 Å². The van der Waals surface area contributed by atoms with Gasteiger partial charge in [-0.1, -0.05) is 0 Å². The van der Waals surface area contributed by atoms with Gasteiger partial charge >= 0.3 is 0 Å². The van der Waals surface area contributed by atoms with Crippen LogP contribution in [0.3, 0.4) is 0 Å². The first-order chi connectivity index (χ1) is 6.65. The molecule has 0 bridgehead atoms. The molecule has 4 heteroatoms. The summed E-state index contributed by atoms with van der Waals surface area (Å²) in [6.07, 6.45) is 0.481. The van der Waals surface area contributed by atoms with Crippen molar-refractivity contribution >= 4 is 23.0 Å². The number of rotatable bonds is 0. The first-order valence-corrected chi connectivity index (χ1v) is 4.61. The van der Waals surface area contributed by atoms with E-state index in [0.29, 0.717) is 12.1 Å². The first kappa shape index (κ1) is 8.87. The molecule has 74 valence electrons. The molecule has 0 saturated heterocycles. The number of nitrogen functional groups attached to an aromatic ring is 1. The number of nitrogens with two attached hydrogens (primary N) is 1. The molecule has 14 heavy (non-hydrogen) atoms. The zero-order valence-corrected chi connectivity index (χ0v) is 8.00. The summed E-state index contributed by atoms with van der Waals surface area (Å²) in [5, 5.41) is 6.05. The van der Waals surface area contributed by atoms with Gasteiger partial charge in [0.1, 0.15) is 0 Å². The van der Waals surface area contributed by atoms with E-state index in [9.17, 15) is 4.79 Å². The fraction of sp³-hybridized carbons (Fsp3) is 0.300. The second-order valence-corrected chi connectivity index (χ2v) is 3.60. The highest BCUT2D eigenvalue weighted by Crippen LogP contribution is 2.27. The molecular weight excluding hydrogens is 178 g/mol. The second kappa shape index (κ2) is 3.21. The van der Waals surface area contributed by atoms with Crippen LogP contribution in [0.15, 0.2) is 18.2 Å². The summed E-state index contributed by atoms with van der Waals surface area (Å²) in [4.78, 5) is 11.4. The molecule has 1 aromatic carbocycles. The van der Waals surface area contributed by atoms with Gasteiger partial charge in [-0.2, -0.15) is 0 Å². The largest absolute Gasteiger partial charge is 0.399 e. The Bertz CT molecular complexity index is 376. The highest BCUT2D eigenvalue weighted by atomic mass is 16.1. The number of fused-ring (bicyclic) bond motifs is 1. The highest BCUT2D eigenvalue weighted by Gasteiger charge is 2.16. The maximum atomic E-state index is 11.4. The van der Waals surface area contributed by atoms with Crippen molar-refractivity contribution in [2.75, 3.05) is 16.4 Å².